The van der Waals surface area contributed by atoms with Crippen molar-refractivity contribution >= 4 is 27.6 Å². The summed E-state index contributed by atoms with van der Waals surface area (Å²) >= 11 is 0. The quantitative estimate of drug-likeness (QED) is 0.667. The van der Waals surface area contributed by atoms with Crippen molar-refractivity contribution in [3.8, 4) is 0 Å². The van der Waals surface area contributed by atoms with Crippen molar-refractivity contribution in [1.29, 1.82) is 0 Å². The number of fused-ring (bicyclic) bond motifs is 1. The molecule has 2 saturated heterocycles. The molecule has 2 N–H and O–H groups in total. The largest absolute Gasteiger partial charge is 0.483 e. The molecule has 0 bridgehead atoms. The Morgan fingerprint density at radius 3 is 2.38 bits per heavy atom. The van der Waals surface area contributed by atoms with Crippen LogP contribution in [0.15, 0.2) is 29.1 Å². The van der Waals surface area contributed by atoms with E-state index in [2.05, 4.69) is 9.88 Å². The summed E-state index contributed by atoms with van der Waals surface area (Å²) in [5.74, 6) is 0. The topological polar surface area (TPSA) is 114 Å². The average Bonchev–Trinajstić information content (AvgIpc) is 3.02. The van der Waals surface area contributed by atoms with Crippen LogP contribution in [0.2, 0.25) is 0 Å². The smallest absolute Gasteiger partial charge is 0.290 e. The monoisotopic (exact) mass is 464 g/mol. The van der Waals surface area contributed by atoms with Crippen LogP contribution in [0, 0.1) is 6.92 Å². The summed E-state index contributed by atoms with van der Waals surface area (Å²) in [5, 5.41) is 7.92. The molecule has 0 atom stereocenters. The molecular formula is C22H32N4O5S. The Hall–Kier alpha value is -2.27. The Labute approximate surface area is 188 Å². The van der Waals surface area contributed by atoms with Crippen LogP contribution in [0.3, 0.4) is 0 Å². The van der Waals surface area contributed by atoms with Gasteiger partial charge in [-0.05, 0) is 49.7 Å². The average molecular weight is 465 g/mol. The third kappa shape index (κ3) is 5.74. The summed E-state index contributed by atoms with van der Waals surface area (Å²) in [6, 6.07) is 7.96. The van der Waals surface area contributed by atoms with Crippen LogP contribution in [0.25, 0.3) is 10.9 Å². The van der Waals surface area contributed by atoms with E-state index in [4.69, 9.17) is 9.90 Å². The number of pyridine rings is 1. The highest BCUT2D eigenvalue weighted by Gasteiger charge is 2.31. The molecule has 0 saturated carbocycles. The van der Waals surface area contributed by atoms with Gasteiger partial charge >= 0.3 is 0 Å². The molecule has 10 heteroatoms. The number of aromatic nitrogens is 1. The maximum atomic E-state index is 13.0. The van der Waals surface area contributed by atoms with Crippen LogP contribution >= 0.6 is 0 Å². The fourth-order valence-corrected chi connectivity index (χ4v) is 6.10. The maximum absolute atomic E-state index is 13.0. The van der Waals surface area contributed by atoms with E-state index in [1.165, 1.54) is 0 Å². The van der Waals surface area contributed by atoms with Gasteiger partial charge in [0.25, 0.3) is 22.2 Å². The second-order valence-corrected chi connectivity index (χ2v) is 10.2. The lowest BCUT2D eigenvalue weighted by Gasteiger charge is -2.31. The van der Waals surface area contributed by atoms with Crippen molar-refractivity contribution in [1.82, 2.24) is 18.5 Å². The second kappa shape index (κ2) is 11.0. The second-order valence-electron chi connectivity index (χ2n) is 8.26. The standard InChI is InChI=1S/C21H30N4O3S.CH2O2/c1-17-7-5-8-18-15-19(21(26)22-20(17)18)16-23-9-6-12-25(14-13-23)29(27,28)24-10-3-2-4-11-24;2-1-3/h5,7-8,15H,2-4,6,9-14,16H2,1H3,(H,22,26);1H,(H,2,3). The molecule has 9 nitrogen and oxygen atoms in total. The van der Waals surface area contributed by atoms with Gasteiger partial charge in [-0.1, -0.05) is 24.6 Å². The zero-order valence-corrected chi connectivity index (χ0v) is 19.3. The molecule has 1 aromatic carbocycles. The zero-order valence-electron chi connectivity index (χ0n) is 18.5. The molecule has 4 rings (SSSR count). The highest BCUT2D eigenvalue weighted by molar-refractivity contribution is 7.86. The lowest BCUT2D eigenvalue weighted by Crippen LogP contribution is -2.47. The summed E-state index contributed by atoms with van der Waals surface area (Å²) in [4.78, 5) is 26.1. The van der Waals surface area contributed by atoms with Gasteiger partial charge in [0.1, 0.15) is 0 Å². The number of nitrogens with zero attached hydrogens (tertiary/aromatic N) is 3. The van der Waals surface area contributed by atoms with Crippen LogP contribution in [-0.2, 0) is 21.5 Å². The van der Waals surface area contributed by atoms with Crippen LogP contribution in [-0.4, -0.2) is 77.8 Å². The van der Waals surface area contributed by atoms with Crippen LogP contribution < -0.4 is 5.56 Å². The number of carboxylic acid groups (broad SMARTS) is 1. The highest BCUT2D eigenvalue weighted by atomic mass is 32.2. The minimum absolute atomic E-state index is 0.0613. The zero-order chi connectivity index (χ0) is 23.1. The van der Waals surface area contributed by atoms with Crippen molar-refractivity contribution in [3.63, 3.8) is 0 Å². The number of rotatable bonds is 4. The van der Waals surface area contributed by atoms with E-state index in [9.17, 15) is 13.2 Å². The van der Waals surface area contributed by atoms with Crippen molar-refractivity contribution < 1.29 is 18.3 Å². The number of hydrogen-bond donors (Lipinski definition) is 2. The molecule has 0 spiro atoms. The van der Waals surface area contributed by atoms with E-state index in [1.807, 2.05) is 31.2 Å². The Morgan fingerprint density at radius 1 is 1.00 bits per heavy atom. The first-order valence-corrected chi connectivity index (χ1v) is 12.4. The number of carbonyl (C=O) groups is 1. The van der Waals surface area contributed by atoms with Gasteiger partial charge in [-0.15, -0.1) is 0 Å². The molecule has 1 aromatic heterocycles. The normalized spacial score (nSPS) is 19.2. The van der Waals surface area contributed by atoms with E-state index < -0.39 is 10.2 Å². The number of aryl methyl sites for hydroxylation is 1. The van der Waals surface area contributed by atoms with Crippen molar-refractivity contribution in [2.24, 2.45) is 0 Å². The Bertz CT molecular complexity index is 1080. The van der Waals surface area contributed by atoms with E-state index in [0.717, 1.165) is 54.3 Å². The van der Waals surface area contributed by atoms with Crippen molar-refractivity contribution in [2.75, 3.05) is 39.3 Å². The van der Waals surface area contributed by atoms with Gasteiger partial charge in [-0.3, -0.25) is 14.5 Å². The van der Waals surface area contributed by atoms with Crippen molar-refractivity contribution in [2.45, 2.75) is 39.2 Å². The first-order valence-electron chi connectivity index (χ1n) is 11.0. The number of nitrogens with one attached hydrogen (secondary N) is 1. The number of H-pyrrole nitrogens is 1. The summed E-state index contributed by atoms with van der Waals surface area (Å²) in [6.07, 6.45) is 3.78. The third-order valence-electron chi connectivity index (χ3n) is 6.07. The van der Waals surface area contributed by atoms with Gasteiger partial charge in [0, 0.05) is 44.8 Å². The predicted molar refractivity (Wildman–Crippen MR) is 124 cm³/mol. The summed E-state index contributed by atoms with van der Waals surface area (Å²) in [7, 11) is -3.37. The van der Waals surface area contributed by atoms with E-state index in [-0.39, 0.29) is 12.0 Å². The van der Waals surface area contributed by atoms with Gasteiger partial charge in [0.2, 0.25) is 0 Å². The first kappa shape index (κ1) is 24.4. The third-order valence-corrected chi connectivity index (χ3v) is 8.11. The Kier molecular flexibility index (Phi) is 8.41. The number of para-hydroxylation sites is 1. The molecule has 0 radical (unpaired) electrons. The van der Waals surface area contributed by atoms with Crippen LogP contribution in [0.4, 0.5) is 0 Å². The molecule has 3 heterocycles. The molecule has 0 unspecified atom stereocenters. The van der Waals surface area contributed by atoms with Crippen molar-refractivity contribution in [3.05, 3.63) is 45.7 Å². The molecule has 176 valence electrons. The van der Waals surface area contributed by atoms with Gasteiger partial charge in [0.15, 0.2) is 0 Å². The molecule has 0 amide bonds. The summed E-state index contributed by atoms with van der Waals surface area (Å²) in [5.41, 5.74) is 2.61. The number of piperidine rings is 1. The molecule has 2 aromatic rings. The van der Waals surface area contributed by atoms with Gasteiger partial charge in [-0.2, -0.15) is 17.0 Å². The lowest BCUT2D eigenvalue weighted by molar-refractivity contribution is -0.122. The summed E-state index contributed by atoms with van der Waals surface area (Å²) < 4.78 is 29.2. The predicted octanol–water partition coefficient (Wildman–Crippen LogP) is 1.78. The number of hydrogen-bond acceptors (Lipinski definition) is 5. The van der Waals surface area contributed by atoms with Crippen LogP contribution in [0.1, 0.15) is 36.8 Å². The molecule has 2 aliphatic rings. The maximum Gasteiger partial charge on any atom is 0.290 e. The fourth-order valence-electron chi connectivity index (χ4n) is 4.38. The highest BCUT2D eigenvalue weighted by Crippen LogP contribution is 2.19. The van der Waals surface area contributed by atoms with Gasteiger partial charge in [-0.25, -0.2) is 0 Å². The molecule has 32 heavy (non-hydrogen) atoms. The van der Waals surface area contributed by atoms with Crippen LogP contribution in [0.5, 0.6) is 0 Å². The fraction of sp³-hybridized carbons (Fsp3) is 0.545. The Balaban J connectivity index is 0.000000913. The molecule has 0 aliphatic carbocycles. The molecule has 2 fully saturated rings. The Morgan fingerprint density at radius 2 is 1.66 bits per heavy atom. The summed E-state index contributed by atoms with van der Waals surface area (Å²) in [6.45, 7) is 5.99. The van der Waals surface area contributed by atoms with E-state index in [0.29, 0.717) is 39.3 Å². The van der Waals surface area contributed by atoms with E-state index >= 15 is 0 Å². The lowest BCUT2D eigenvalue weighted by atomic mass is 10.1. The first-order chi connectivity index (χ1) is 15.4. The number of aromatic amines is 1. The van der Waals surface area contributed by atoms with E-state index in [1.54, 1.807) is 8.61 Å². The SMILES string of the molecule is Cc1cccc2cc(CN3CCCN(S(=O)(=O)N4CCCCC4)CC3)c(=O)[nH]c12.O=CO. The minimum Gasteiger partial charge on any atom is -0.483 e. The molecule has 2 aliphatic heterocycles. The van der Waals surface area contributed by atoms with Gasteiger partial charge < -0.3 is 10.1 Å². The molecular weight excluding hydrogens is 432 g/mol. The minimum atomic E-state index is -3.37. The number of benzene rings is 1. The van der Waals surface area contributed by atoms with Gasteiger partial charge in [0.05, 0.1) is 5.52 Å².